The molecule has 0 spiro atoms. The number of halogens is 1. The minimum atomic E-state index is -0.212. The smallest absolute Gasteiger partial charge is 0.191 e. The van der Waals surface area contributed by atoms with Crippen LogP contribution in [0.5, 0.6) is 0 Å². The Hall–Kier alpha value is -1.66. The van der Waals surface area contributed by atoms with Crippen molar-refractivity contribution in [2.24, 2.45) is 4.99 Å². The van der Waals surface area contributed by atoms with Gasteiger partial charge in [-0.3, -0.25) is 4.99 Å². The van der Waals surface area contributed by atoms with Crippen molar-refractivity contribution in [3.63, 3.8) is 0 Å². The lowest BCUT2D eigenvalue weighted by Crippen LogP contribution is -2.42. The van der Waals surface area contributed by atoms with Gasteiger partial charge in [-0.15, -0.1) is 0 Å². The lowest BCUT2D eigenvalue weighted by molar-refractivity contribution is 0.143. The van der Waals surface area contributed by atoms with Crippen molar-refractivity contribution in [2.45, 2.75) is 25.8 Å². The number of rotatable bonds is 10. The number of aliphatic imine (C=N–C) groups is 1. The number of unbranched alkanes of at least 4 members (excludes halogenated alkanes) is 1. The number of likely N-dealkylation sites (N-methyl/N-ethyl adjacent to an activating group) is 1. The van der Waals surface area contributed by atoms with Crippen LogP contribution in [0.15, 0.2) is 29.3 Å². The summed E-state index contributed by atoms with van der Waals surface area (Å²) in [5, 5.41) is 6.61. The molecule has 24 heavy (non-hydrogen) atoms. The quantitative estimate of drug-likeness (QED) is 0.391. The molecule has 0 aliphatic carbocycles. The van der Waals surface area contributed by atoms with E-state index in [1.165, 1.54) is 6.07 Å². The molecular weight excluding hydrogens is 307 g/mol. The highest BCUT2D eigenvalue weighted by Gasteiger charge is 2.15. The maximum absolute atomic E-state index is 13.5. The predicted molar refractivity (Wildman–Crippen MR) is 97.9 cm³/mol. The van der Waals surface area contributed by atoms with Crippen molar-refractivity contribution in [1.29, 1.82) is 0 Å². The van der Waals surface area contributed by atoms with Gasteiger partial charge in [0.2, 0.25) is 0 Å². The first-order valence-electron chi connectivity index (χ1n) is 8.52. The maximum atomic E-state index is 13.5. The van der Waals surface area contributed by atoms with Gasteiger partial charge in [0, 0.05) is 33.4 Å². The summed E-state index contributed by atoms with van der Waals surface area (Å²) in [5.41, 5.74) is 0.944. The lowest BCUT2D eigenvalue weighted by atomic mass is 10.1. The van der Waals surface area contributed by atoms with Crippen LogP contribution in [0, 0.1) is 5.82 Å². The molecule has 0 aliphatic heterocycles. The molecule has 1 rings (SSSR count). The van der Waals surface area contributed by atoms with Crippen molar-refractivity contribution in [3.8, 4) is 0 Å². The molecule has 1 aromatic carbocycles. The van der Waals surface area contributed by atoms with Gasteiger partial charge in [0.05, 0.1) is 6.04 Å². The number of guanidine groups is 1. The largest absolute Gasteiger partial charge is 0.382 e. The van der Waals surface area contributed by atoms with Crippen LogP contribution in [0.3, 0.4) is 0 Å². The zero-order chi connectivity index (χ0) is 17.8. The Balaban J connectivity index is 2.44. The summed E-state index contributed by atoms with van der Waals surface area (Å²) in [6.07, 6.45) is 2.06. The highest BCUT2D eigenvalue weighted by molar-refractivity contribution is 5.79. The van der Waals surface area contributed by atoms with Crippen LogP contribution in [0.4, 0.5) is 4.39 Å². The standard InChI is InChI=1S/C18H31FN4O/c1-5-24-12-7-6-11-21-18(20-2)22-14-17(23(3)4)15-9-8-10-16(19)13-15/h8-10,13,17H,5-7,11-12,14H2,1-4H3,(H2,20,21,22). The number of nitrogens with one attached hydrogen (secondary N) is 2. The lowest BCUT2D eigenvalue weighted by Gasteiger charge is -2.26. The maximum Gasteiger partial charge on any atom is 0.191 e. The fraction of sp³-hybridized carbons (Fsp3) is 0.611. The van der Waals surface area contributed by atoms with Crippen molar-refractivity contribution in [3.05, 3.63) is 35.6 Å². The summed E-state index contributed by atoms with van der Waals surface area (Å²) in [6.45, 7) is 5.06. The van der Waals surface area contributed by atoms with Crippen LogP contribution in [0.1, 0.15) is 31.4 Å². The average molecular weight is 338 g/mol. The highest BCUT2D eigenvalue weighted by atomic mass is 19.1. The monoisotopic (exact) mass is 338 g/mol. The molecule has 5 nitrogen and oxygen atoms in total. The van der Waals surface area contributed by atoms with Gasteiger partial charge >= 0.3 is 0 Å². The molecule has 0 fully saturated rings. The minimum Gasteiger partial charge on any atom is -0.382 e. The summed E-state index contributed by atoms with van der Waals surface area (Å²) in [6, 6.07) is 6.80. The van der Waals surface area contributed by atoms with Gasteiger partial charge < -0.3 is 20.3 Å². The molecule has 0 radical (unpaired) electrons. The van der Waals surface area contributed by atoms with Gasteiger partial charge in [0.25, 0.3) is 0 Å². The molecule has 0 bridgehead atoms. The third-order valence-corrected chi connectivity index (χ3v) is 3.76. The van der Waals surface area contributed by atoms with Crippen molar-refractivity contribution >= 4 is 5.96 Å². The first-order valence-corrected chi connectivity index (χ1v) is 8.52. The number of hydrogen-bond acceptors (Lipinski definition) is 3. The Morgan fingerprint density at radius 2 is 2.08 bits per heavy atom. The Morgan fingerprint density at radius 3 is 2.71 bits per heavy atom. The fourth-order valence-electron chi connectivity index (χ4n) is 2.41. The van der Waals surface area contributed by atoms with Gasteiger partial charge in [-0.05, 0) is 51.6 Å². The van der Waals surface area contributed by atoms with E-state index in [2.05, 4.69) is 20.5 Å². The third-order valence-electron chi connectivity index (χ3n) is 3.76. The summed E-state index contributed by atoms with van der Waals surface area (Å²) in [5.74, 6) is 0.547. The van der Waals surface area contributed by atoms with E-state index < -0.39 is 0 Å². The topological polar surface area (TPSA) is 48.9 Å². The van der Waals surface area contributed by atoms with E-state index in [1.807, 2.05) is 27.1 Å². The second-order valence-electron chi connectivity index (χ2n) is 5.82. The van der Waals surface area contributed by atoms with Crippen molar-refractivity contribution < 1.29 is 9.13 Å². The third kappa shape index (κ3) is 7.75. The normalized spacial score (nSPS) is 13.2. The van der Waals surface area contributed by atoms with Crippen LogP contribution in [0.25, 0.3) is 0 Å². The molecule has 1 unspecified atom stereocenters. The zero-order valence-corrected chi connectivity index (χ0v) is 15.3. The van der Waals surface area contributed by atoms with E-state index in [0.717, 1.165) is 44.1 Å². The second kappa shape index (κ2) is 11.8. The number of hydrogen-bond donors (Lipinski definition) is 2. The molecule has 0 aliphatic rings. The first-order chi connectivity index (χ1) is 11.6. The Bertz CT molecular complexity index is 494. The predicted octanol–water partition coefficient (Wildman–Crippen LogP) is 2.41. The van der Waals surface area contributed by atoms with E-state index >= 15 is 0 Å². The molecule has 6 heteroatoms. The molecule has 136 valence electrons. The molecule has 0 amide bonds. The molecule has 1 atom stereocenters. The molecule has 0 aromatic heterocycles. The van der Waals surface area contributed by atoms with E-state index in [0.29, 0.717) is 6.54 Å². The van der Waals surface area contributed by atoms with Crippen LogP contribution < -0.4 is 10.6 Å². The SMILES string of the molecule is CCOCCCCNC(=NC)NCC(c1cccc(F)c1)N(C)C. The highest BCUT2D eigenvalue weighted by Crippen LogP contribution is 2.18. The van der Waals surface area contributed by atoms with Gasteiger partial charge in [-0.2, -0.15) is 0 Å². The zero-order valence-electron chi connectivity index (χ0n) is 15.3. The number of nitrogens with zero attached hydrogens (tertiary/aromatic N) is 2. The Kier molecular flexibility index (Phi) is 10.0. The van der Waals surface area contributed by atoms with Crippen molar-refractivity contribution in [1.82, 2.24) is 15.5 Å². The molecular formula is C18H31FN4O. The van der Waals surface area contributed by atoms with Crippen LogP contribution in [-0.4, -0.2) is 58.3 Å². The van der Waals surface area contributed by atoms with E-state index in [9.17, 15) is 4.39 Å². The van der Waals surface area contributed by atoms with Crippen LogP contribution in [-0.2, 0) is 4.74 Å². The van der Waals surface area contributed by atoms with Gasteiger partial charge in [0.15, 0.2) is 5.96 Å². The Labute approximate surface area is 145 Å². The van der Waals surface area contributed by atoms with Crippen LogP contribution in [0.2, 0.25) is 0 Å². The summed E-state index contributed by atoms with van der Waals surface area (Å²) >= 11 is 0. The van der Waals surface area contributed by atoms with Gasteiger partial charge in [-0.25, -0.2) is 4.39 Å². The first kappa shape index (κ1) is 20.4. The second-order valence-corrected chi connectivity index (χ2v) is 5.82. The fourth-order valence-corrected chi connectivity index (χ4v) is 2.41. The van der Waals surface area contributed by atoms with E-state index in [1.54, 1.807) is 19.2 Å². The molecule has 0 saturated heterocycles. The molecule has 2 N–H and O–H groups in total. The summed E-state index contributed by atoms with van der Waals surface area (Å²) < 4.78 is 18.8. The minimum absolute atomic E-state index is 0.0669. The van der Waals surface area contributed by atoms with Gasteiger partial charge in [-0.1, -0.05) is 12.1 Å². The van der Waals surface area contributed by atoms with Gasteiger partial charge in [0.1, 0.15) is 5.82 Å². The summed E-state index contributed by atoms with van der Waals surface area (Å²) in [4.78, 5) is 6.30. The van der Waals surface area contributed by atoms with E-state index in [4.69, 9.17) is 4.74 Å². The molecule has 0 saturated carbocycles. The Morgan fingerprint density at radius 1 is 1.29 bits per heavy atom. The van der Waals surface area contributed by atoms with E-state index in [-0.39, 0.29) is 11.9 Å². The number of ether oxygens (including phenoxy) is 1. The number of benzene rings is 1. The van der Waals surface area contributed by atoms with Crippen molar-refractivity contribution in [2.75, 3.05) is 47.4 Å². The molecule has 0 heterocycles. The summed E-state index contributed by atoms with van der Waals surface area (Å²) in [7, 11) is 5.73. The van der Waals surface area contributed by atoms with Crippen LogP contribution >= 0.6 is 0 Å². The average Bonchev–Trinajstić information content (AvgIpc) is 2.56. The molecule has 1 aromatic rings.